The fourth-order valence-electron chi connectivity index (χ4n) is 4.00. The molecule has 7 nitrogen and oxygen atoms in total. The molecule has 9 heteroatoms. The van der Waals surface area contributed by atoms with Crippen LogP contribution in [0.25, 0.3) is 10.9 Å². The van der Waals surface area contributed by atoms with Gasteiger partial charge in [0.1, 0.15) is 24.9 Å². The third kappa shape index (κ3) is 5.18. The van der Waals surface area contributed by atoms with Crippen molar-refractivity contribution in [1.82, 2.24) is 14.9 Å². The van der Waals surface area contributed by atoms with E-state index >= 15 is 0 Å². The summed E-state index contributed by atoms with van der Waals surface area (Å²) in [6.07, 6.45) is 1.46. The first kappa shape index (κ1) is 22.9. The summed E-state index contributed by atoms with van der Waals surface area (Å²) in [5.74, 6) is 1.82. The Hall–Kier alpha value is -2.32. The molecule has 1 aliphatic heterocycles. The van der Waals surface area contributed by atoms with Gasteiger partial charge in [-0.2, -0.15) is 0 Å². The van der Waals surface area contributed by atoms with Crippen LogP contribution in [0.15, 0.2) is 36.7 Å². The standard InChI is InChI=1S/C23H26Cl2N4O3/c1-23(2)12-29(3)10-15(32-23)11-31-21-9-19-16(8-20(21)30-4)22(27-13-26-19)28-14-5-6-17(24)18(25)7-14/h5-9,13,15H,10-12H2,1-4H3,(H,26,27,28). The number of likely N-dealkylation sites (N-methyl/N-ethyl adjacent to an activating group) is 1. The minimum atomic E-state index is -0.215. The number of methoxy groups -OCH3 is 1. The van der Waals surface area contributed by atoms with Crippen LogP contribution in [0.1, 0.15) is 13.8 Å². The molecule has 0 bridgehead atoms. The number of hydrogen-bond acceptors (Lipinski definition) is 7. The Morgan fingerprint density at radius 3 is 2.69 bits per heavy atom. The third-order valence-corrected chi connectivity index (χ3v) is 5.92. The molecule has 0 amide bonds. The highest BCUT2D eigenvalue weighted by atomic mass is 35.5. The molecule has 1 aromatic heterocycles. The van der Waals surface area contributed by atoms with E-state index < -0.39 is 0 Å². The van der Waals surface area contributed by atoms with Crippen LogP contribution in [0.4, 0.5) is 11.5 Å². The third-order valence-electron chi connectivity index (χ3n) is 5.18. The number of halogens is 2. The highest BCUT2D eigenvalue weighted by Crippen LogP contribution is 2.36. The Morgan fingerprint density at radius 2 is 1.97 bits per heavy atom. The van der Waals surface area contributed by atoms with Crippen molar-refractivity contribution < 1.29 is 14.2 Å². The van der Waals surface area contributed by atoms with Crippen LogP contribution in [0.3, 0.4) is 0 Å². The number of morpholine rings is 1. The molecule has 0 radical (unpaired) electrons. The van der Waals surface area contributed by atoms with Crippen LogP contribution < -0.4 is 14.8 Å². The second-order valence-corrected chi connectivity index (χ2v) is 9.32. The van der Waals surface area contributed by atoms with E-state index in [1.165, 1.54) is 6.33 Å². The van der Waals surface area contributed by atoms with Crippen molar-refractivity contribution in [3.63, 3.8) is 0 Å². The van der Waals surface area contributed by atoms with Gasteiger partial charge in [0.2, 0.25) is 0 Å². The zero-order valence-electron chi connectivity index (χ0n) is 18.5. The monoisotopic (exact) mass is 476 g/mol. The molecular formula is C23H26Cl2N4O3. The lowest BCUT2D eigenvalue weighted by atomic mass is 10.1. The number of anilines is 2. The predicted octanol–water partition coefficient (Wildman–Crippen LogP) is 5.18. The second-order valence-electron chi connectivity index (χ2n) is 8.50. The Morgan fingerprint density at radius 1 is 1.16 bits per heavy atom. The molecule has 1 N–H and O–H groups in total. The largest absolute Gasteiger partial charge is 0.493 e. The maximum absolute atomic E-state index is 6.17. The molecule has 4 rings (SSSR count). The molecule has 1 atom stereocenters. The molecule has 0 spiro atoms. The molecule has 0 saturated carbocycles. The van der Waals surface area contributed by atoms with E-state index in [4.69, 9.17) is 37.4 Å². The first-order chi connectivity index (χ1) is 15.2. The number of hydrogen-bond donors (Lipinski definition) is 1. The fourth-order valence-corrected chi connectivity index (χ4v) is 4.30. The summed E-state index contributed by atoms with van der Waals surface area (Å²) >= 11 is 12.2. The molecular weight excluding hydrogens is 451 g/mol. The van der Waals surface area contributed by atoms with Crippen LogP contribution in [0, 0.1) is 0 Å². The summed E-state index contributed by atoms with van der Waals surface area (Å²) < 4.78 is 17.9. The maximum Gasteiger partial charge on any atom is 0.163 e. The van der Waals surface area contributed by atoms with Gasteiger partial charge < -0.3 is 24.4 Å². The Kier molecular flexibility index (Phi) is 6.62. The summed E-state index contributed by atoms with van der Waals surface area (Å²) in [5, 5.41) is 5.01. The Labute approximate surface area is 197 Å². The summed E-state index contributed by atoms with van der Waals surface area (Å²) in [7, 11) is 3.70. The van der Waals surface area contributed by atoms with E-state index in [1.807, 2.05) is 18.2 Å². The molecule has 170 valence electrons. The van der Waals surface area contributed by atoms with Gasteiger partial charge in [0, 0.05) is 30.2 Å². The number of benzene rings is 2. The number of nitrogens with one attached hydrogen (secondary N) is 1. The summed E-state index contributed by atoms with van der Waals surface area (Å²) in [5.41, 5.74) is 1.27. The number of aromatic nitrogens is 2. The minimum Gasteiger partial charge on any atom is -0.493 e. The lowest BCUT2D eigenvalue weighted by Crippen LogP contribution is -2.52. The number of nitrogens with zero attached hydrogens (tertiary/aromatic N) is 3. The zero-order chi connectivity index (χ0) is 22.9. The van der Waals surface area contributed by atoms with Crippen LogP contribution in [0.5, 0.6) is 11.5 Å². The van der Waals surface area contributed by atoms with Gasteiger partial charge in [-0.05, 0) is 45.2 Å². The van der Waals surface area contributed by atoms with Gasteiger partial charge >= 0.3 is 0 Å². The van der Waals surface area contributed by atoms with Crippen LogP contribution in [-0.2, 0) is 4.74 Å². The van der Waals surface area contributed by atoms with Crippen molar-refractivity contribution in [3.8, 4) is 11.5 Å². The van der Waals surface area contributed by atoms with Crippen molar-refractivity contribution in [3.05, 3.63) is 46.7 Å². The van der Waals surface area contributed by atoms with Gasteiger partial charge in [0.15, 0.2) is 11.5 Å². The number of fused-ring (bicyclic) bond motifs is 1. The van der Waals surface area contributed by atoms with Gasteiger partial charge in [-0.15, -0.1) is 0 Å². The first-order valence-corrected chi connectivity index (χ1v) is 11.0. The molecule has 32 heavy (non-hydrogen) atoms. The molecule has 1 aliphatic rings. The normalized spacial score (nSPS) is 18.5. The van der Waals surface area contributed by atoms with Gasteiger partial charge in [0.25, 0.3) is 0 Å². The average molecular weight is 477 g/mol. The van der Waals surface area contributed by atoms with Crippen LogP contribution in [-0.4, -0.2) is 60.4 Å². The smallest absolute Gasteiger partial charge is 0.163 e. The molecule has 0 aliphatic carbocycles. The van der Waals surface area contributed by atoms with Gasteiger partial charge in [-0.3, -0.25) is 0 Å². The minimum absolute atomic E-state index is 0.0403. The topological polar surface area (TPSA) is 68.7 Å². The quantitative estimate of drug-likeness (QED) is 0.525. The lowest BCUT2D eigenvalue weighted by molar-refractivity contribution is -0.140. The van der Waals surface area contributed by atoms with Crippen molar-refractivity contribution in [2.45, 2.75) is 25.6 Å². The van der Waals surface area contributed by atoms with Gasteiger partial charge in [0.05, 0.1) is 28.3 Å². The van der Waals surface area contributed by atoms with Crippen molar-refractivity contribution in [2.24, 2.45) is 0 Å². The van der Waals surface area contributed by atoms with E-state index in [2.05, 4.69) is 41.1 Å². The SMILES string of the molecule is COc1cc2c(Nc3ccc(Cl)c(Cl)c3)ncnc2cc1OCC1CN(C)CC(C)(C)O1. The molecule has 1 fully saturated rings. The van der Waals surface area contributed by atoms with E-state index in [9.17, 15) is 0 Å². The van der Waals surface area contributed by atoms with E-state index in [1.54, 1.807) is 19.2 Å². The predicted molar refractivity (Wildman–Crippen MR) is 128 cm³/mol. The number of rotatable bonds is 6. The maximum atomic E-state index is 6.17. The zero-order valence-corrected chi connectivity index (χ0v) is 20.0. The Balaban J connectivity index is 1.58. The van der Waals surface area contributed by atoms with Crippen molar-refractivity contribution >= 4 is 45.6 Å². The van der Waals surface area contributed by atoms with Gasteiger partial charge in [-0.1, -0.05) is 23.2 Å². The van der Waals surface area contributed by atoms with Gasteiger partial charge in [-0.25, -0.2) is 9.97 Å². The van der Waals surface area contributed by atoms with E-state index in [-0.39, 0.29) is 11.7 Å². The van der Waals surface area contributed by atoms with Crippen LogP contribution >= 0.6 is 23.2 Å². The first-order valence-electron chi connectivity index (χ1n) is 10.3. The fraction of sp³-hybridized carbons (Fsp3) is 0.391. The van der Waals surface area contributed by atoms with E-state index in [0.717, 1.165) is 29.7 Å². The van der Waals surface area contributed by atoms with E-state index in [0.29, 0.717) is 34.0 Å². The second kappa shape index (κ2) is 9.27. The Bertz CT molecular complexity index is 1130. The molecule has 2 heterocycles. The van der Waals surface area contributed by atoms with Crippen molar-refractivity contribution in [2.75, 3.05) is 39.2 Å². The summed E-state index contributed by atoms with van der Waals surface area (Å²) in [4.78, 5) is 11.0. The summed E-state index contributed by atoms with van der Waals surface area (Å²) in [6, 6.07) is 9.03. The number of ether oxygens (including phenoxy) is 3. The highest BCUT2D eigenvalue weighted by molar-refractivity contribution is 6.42. The summed E-state index contributed by atoms with van der Waals surface area (Å²) in [6.45, 7) is 6.28. The molecule has 1 unspecified atom stereocenters. The van der Waals surface area contributed by atoms with Crippen LogP contribution in [0.2, 0.25) is 10.0 Å². The molecule has 3 aromatic rings. The lowest BCUT2D eigenvalue weighted by Gasteiger charge is -2.41. The highest BCUT2D eigenvalue weighted by Gasteiger charge is 2.32. The average Bonchev–Trinajstić information content (AvgIpc) is 2.73. The molecule has 1 saturated heterocycles. The van der Waals surface area contributed by atoms with Crippen molar-refractivity contribution in [1.29, 1.82) is 0 Å². The molecule has 2 aromatic carbocycles.